The quantitative estimate of drug-likeness (QED) is 0.751. The van der Waals surface area contributed by atoms with E-state index in [4.69, 9.17) is 0 Å². The van der Waals surface area contributed by atoms with Crippen LogP contribution in [0, 0.1) is 0 Å². The zero-order valence-corrected chi connectivity index (χ0v) is 11.0. The first-order valence-corrected chi connectivity index (χ1v) is 6.11. The second-order valence-corrected chi connectivity index (χ2v) is 4.63. The molecule has 6 heteroatoms. The number of aromatic nitrogens is 2. The SMILES string of the molecule is CC(O)(CNC(=O)c1ccc(=O)[nH]n1)c1ccccc1. The lowest BCUT2D eigenvalue weighted by Crippen LogP contribution is -2.39. The number of carbonyl (C=O) groups is 1. The van der Waals surface area contributed by atoms with Crippen LogP contribution in [0.25, 0.3) is 0 Å². The number of rotatable bonds is 4. The Morgan fingerprint density at radius 2 is 2.00 bits per heavy atom. The Bertz CT molecular complexity index is 630. The molecule has 2 rings (SSSR count). The third-order valence-corrected chi connectivity index (χ3v) is 2.90. The van der Waals surface area contributed by atoms with Crippen LogP contribution in [0.3, 0.4) is 0 Å². The van der Waals surface area contributed by atoms with Gasteiger partial charge in [-0.1, -0.05) is 30.3 Å². The summed E-state index contributed by atoms with van der Waals surface area (Å²) < 4.78 is 0. The van der Waals surface area contributed by atoms with Crippen LogP contribution in [0.5, 0.6) is 0 Å². The van der Waals surface area contributed by atoms with Crippen LogP contribution in [0.4, 0.5) is 0 Å². The molecule has 0 aliphatic carbocycles. The molecule has 0 spiro atoms. The van der Waals surface area contributed by atoms with Crippen LogP contribution in [0.15, 0.2) is 47.3 Å². The molecule has 0 aliphatic heterocycles. The van der Waals surface area contributed by atoms with Gasteiger partial charge in [0.25, 0.3) is 11.5 Å². The van der Waals surface area contributed by atoms with Crippen molar-refractivity contribution >= 4 is 5.91 Å². The van der Waals surface area contributed by atoms with Crippen LogP contribution in [0.1, 0.15) is 23.0 Å². The van der Waals surface area contributed by atoms with Crippen molar-refractivity contribution in [3.8, 4) is 0 Å². The van der Waals surface area contributed by atoms with Gasteiger partial charge in [-0.3, -0.25) is 9.59 Å². The van der Waals surface area contributed by atoms with E-state index in [2.05, 4.69) is 15.5 Å². The Balaban J connectivity index is 2.03. The van der Waals surface area contributed by atoms with Crippen molar-refractivity contribution in [2.45, 2.75) is 12.5 Å². The van der Waals surface area contributed by atoms with Gasteiger partial charge in [0.2, 0.25) is 0 Å². The molecular formula is C14H15N3O3. The average Bonchev–Trinajstić information content (AvgIpc) is 2.46. The van der Waals surface area contributed by atoms with E-state index in [1.807, 2.05) is 18.2 Å². The molecule has 0 radical (unpaired) electrons. The van der Waals surface area contributed by atoms with E-state index in [1.54, 1.807) is 19.1 Å². The Morgan fingerprint density at radius 1 is 1.30 bits per heavy atom. The number of H-pyrrole nitrogens is 1. The number of aromatic amines is 1. The molecule has 2 aromatic rings. The van der Waals surface area contributed by atoms with Gasteiger partial charge in [-0.05, 0) is 18.6 Å². The topological polar surface area (TPSA) is 95.1 Å². The minimum Gasteiger partial charge on any atom is -0.384 e. The van der Waals surface area contributed by atoms with E-state index in [1.165, 1.54) is 12.1 Å². The number of aliphatic hydroxyl groups is 1. The van der Waals surface area contributed by atoms with Crippen molar-refractivity contribution in [1.29, 1.82) is 0 Å². The number of hydrogen-bond acceptors (Lipinski definition) is 4. The molecule has 1 unspecified atom stereocenters. The highest BCUT2D eigenvalue weighted by Crippen LogP contribution is 2.18. The summed E-state index contributed by atoms with van der Waals surface area (Å²) in [6, 6.07) is 11.6. The Labute approximate surface area is 115 Å². The minimum atomic E-state index is -1.18. The van der Waals surface area contributed by atoms with E-state index >= 15 is 0 Å². The van der Waals surface area contributed by atoms with Crippen molar-refractivity contribution in [3.63, 3.8) is 0 Å². The maximum absolute atomic E-state index is 11.8. The van der Waals surface area contributed by atoms with E-state index in [-0.39, 0.29) is 17.8 Å². The predicted octanol–water partition coefficient (Wildman–Crippen LogP) is 0.407. The van der Waals surface area contributed by atoms with Gasteiger partial charge in [0.1, 0.15) is 11.3 Å². The summed E-state index contributed by atoms with van der Waals surface area (Å²) in [6.45, 7) is 1.65. The lowest BCUT2D eigenvalue weighted by atomic mass is 9.96. The molecule has 0 saturated carbocycles. The molecular weight excluding hydrogens is 258 g/mol. The van der Waals surface area contributed by atoms with E-state index in [0.717, 1.165) is 0 Å². The molecule has 1 amide bonds. The monoisotopic (exact) mass is 273 g/mol. The minimum absolute atomic E-state index is 0.0383. The first-order chi connectivity index (χ1) is 9.49. The first kappa shape index (κ1) is 14.0. The third kappa shape index (κ3) is 3.30. The third-order valence-electron chi connectivity index (χ3n) is 2.90. The number of benzene rings is 1. The lowest BCUT2D eigenvalue weighted by molar-refractivity contribution is 0.0524. The molecule has 1 atom stereocenters. The van der Waals surface area contributed by atoms with Crippen LogP contribution in [-0.4, -0.2) is 27.8 Å². The summed E-state index contributed by atoms with van der Waals surface area (Å²) in [4.78, 5) is 22.7. The molecule has 1 aromatic heterocycles. The Kier molecular flexibility index (Phi) is 3.95. The van der Waals surface area contributed by atoms with E-state index < -0.39 is 11.5 Å². The fraction of sp³-hybridized carbons (Fsp3) is 0.214. The van der Waals surface area contributed by atoms with Gasteiger partial charge in [-0.25, -0.2) is 5.10 Å². The maximum atomic E-state index is 11.8. The highest BCUT2D eigenvalue weighted by molar-refractivity contribution is 5.92. The van der Waals surface area contributed by atoms with Crippen molar-refractivity contribution in [2.24, 2.45) is 0 Å². The van der Waals surface area contributed by atoms with Crippen molar-refractivity contribution in [1.82, 2.24) is 15.5 Å². The fourth-order valence-electron chi connectivity index (χ4n) is 1.71. The zero-order valence-electron chi connectivity index (χ0n) is 11.0. The molecule has 3 N–H and O–H groups in total. The molecule has 0 bridgehead atoms. The molecule has 20 heavy (non-hydrogen) atoms. The summed E-state index contributed by atoms with van der Waals surface area (Å²) in [7, 11) is 0. The molecule has 1 aromatic carbocycles. The number of carbonyl (C=O) groups excluding carboxylic acids is 1. The van der Waals surface area contributed by atoms with Crippen LogP contribution in [0.2, 0.25) is 0 Å². The standard InChI is InChI=1S/C14H15N3O3/c1-14(20,10-5-3-2-4-6-10)9-15-13(19)11-7-8-12(18)17-16-11/h2-8,20H,9H2,1H3,(H,15,19)(H,17,18). The number of hydrogen-bond donors (Lipinski definition) is 3. The van der Waals surface area contributed by atoms with E-state index in [0.29, 0.717) is 5.56 Å². The number of amides is 1. The van der Waals surface area contributed by atoms with Gasteiger partial charge in [-0.15, -0.1) is 0 Å². The van der Waals surface area contributed by atoms with Gasteiger partial charge < -0.3 is 10.4 Å². The molecule has 0 saturated heterocycles. The second kappa shape index (κ2) is 5.66. The zero-order chi connectivity index (χ0) is 14.6. The largest absolute Gasteiger partial charge is 0.384 e. The van der Waals surface area contributed by atoms with Crippen LogP contribution >= 0.6 is 0 Å². The maximum Gasteiger partial charge on any atom is 0.271 e. The summed E-state index contributed by atoms with van der Waals surface area (Å²) in [6.07, 6.45) is 0. The van der Waals surface area contributed by atoms with Gasteiger partial charge in [0.15, 0.2) is 0 Å². The van der Waals surface area contributed by atoms with Crippen LogP contribution in [-0.2, 0) is 5.60 Å². The second-order valence-electron chi connectivity index (χ2n) is 4.63. The highest BCUT2D eigenvalue weighted by atomic mass is 16.3. The number of nitrogens with zero attached hydrogens (tertiary/aromatic N) is 1. The Hall–Kier alpha value is -2.47. The van der Waals surface area contributed by atoms with Gasteiger partial charge >= 0.3 is 0 Å². The van der Waals surface area contributed by atoms with Crippen molar-refractivity contribution in [2.75, 3.05) is 6.54 Å². The normalized spacial score (nSPS) is 13.5. The van der Waals surface area contributed by atoms with Gasteiger partial charge in [-0.2, -0.15) is 5.10 Å². The molecule has 0 aliphatic rings. The lowest BCUT2D eigenvalue weighted by Gasteiger charge is -2.24. The van der Waals surface area contributed by atoms with Gasteiger partial charge in [0.05, 0.1) is 6.54 Å². The fourth-order valence-corrected chi connectivity index (χ4v) is 1.71. The summed E-state index contributed by atoms with van der Waals surface area (Å²) in [5.41, 5.74) is -0.764. The summed E-state index contributed by atoms with van der Waals surface area (Å²) in [5.74, 6) is -0.461. The van der Waals surface area contributed by atoms with Crippen molar-refractivity contribution in [3.05, 3.63) is 64.1 Å². The average molecular weight is 273 g/mol. The van der Waals surface area contributed by atoms with E-state index in [9.17, 15) is 14.7 Å². The van der Waals surface area contributed by atoms with Crippen molar-refractivity contribution < 1.29 is 9.90 Å². The summed E-state index contributed by atoms with van der Waals surface area (Å²) >= 11 is 0. The molecule has 0 fully saturated rings. The Morgan fingerprint density at radius 3 is 2.60 bits per heavy atom. The number of nitrogens with one attached hydrogen (secondary N) is 2. The van der Waals surface area contributed by atoms with Crippen LogP contribution < -0.4 is 10.9 Å². The molecule has 104 valence electrons. The smallest absolute Gasteiger partial charge is 0.271 e. The first-order valence-electron chi connectivity index (χ1n) is 6.11. The highest BCUT2D eigenvalue weighted by Gasteiger charge is 2.23. The molecule has 6 nitrogen and oxygen atoms in total. The van der Waals surface area contributed by atoms with Gasteiger partial charge in [0, 0.05) is 6.07 Å². The summed E-state index contributed by atoms with van der Waals surface area (Å²) in [5, 5.41) is 18.7. The predicted molar refractivity (Wildman–Crippen MR) is 73.2 cm³/mol. The molecule has 1 heterocycles.